The number of amides is 1. The molecule has 0 saturated heterocycles. The van der Waals surface area contributed by atoms with Crippen molar-refractivity contribution < 1.29 is 13.2 Å². The minimum absolute atomic E-state index is 0.179. The molecule has 4 rings (SSSR count). The van der Waals surface area contributed by atoms with Gasteiger partial charge in [0.1, 0.15) is 0 Å². The summed E-state index contributed by atoms with van der Waals surface area (Å²) in [7, 11) is -3.58. The Labute approximate surface area is 183 Å². The van der Waals surface area contributed by atoms with Crippen LogP contribution in [0.4, 0.5) is 5.69 Å². The van der Waals surface area contributed by atoms with Gasteiger partial charge in [-0.25, -0.2) is 8.42 Å². The molecule has 0 bridgehead atoms. The number of sulfonamides is 1. The monoisotopic (exact) mass is 439 g/mol. The lowest BCUT2D eigenvalue weighted by atomic mass is 9.87. The highest BCUT2D eigenvalue weighted by Crippen LogP contribution is 2.32. The van der Waals surface area contributed by atoms with Crippen LogP contribution in [0.3, 0.4) is 0 Å². The molecule has 0 fully saturated rings. The van der Waals surface area contributed by atoms with Crippen molar-refractivity contribution in [3.63, 3.8) is 0 Å². The van der Waals surface area contributed by atoms with Crippen LogP contribution in [0.1, 0.15) is 48.8 Å². The number of aromatic nitrogens is 1. The number of nitrogens with one attached hydrogen (secondary N) is 2. The van der Waals surface area contributed by atoms with E-state index >= 15 is 0 Å². The summed E-state index contributed by atoms with van der Waals surface area (Å²) in [6.45, 7) is 6.67. The van der Waals surface area contributed by atoms with E-state index in [1.165, 1.54) is 28.0 Å². The highest BCUT2D eigenvalue weighted by molar-refractivity contribution is 7.89. The Morgan fingerprint density at radius 1 is 1.16 bits per heavy atom. The zero-order valence-corrected chi connectivity index (χ0v) is 19.1. The normalized spacial score (nSPS) is 16.5. The molecule has 0 spiro atoms. The number of carbonyl (C=O) groups is 1. The van der Waals surface area contributed by atoms with E-state index in [0.717, 1.165) is 23.7 Å². The first-order chi connectivity index (χ1) is 14.8. The van der Waals surface area contributed by atoms with Crippen LogP contribution in [0.5, 0.6) is 0 Å². The number of carbonyl (C=O) groups excluding carboxylic acids is 1. The summed E-state index contributed by atoms with van der Waals surface area (Å²) in [5, 5.41) is 3.96. The van der Waals surface area contributed by atoms with Crippen molar-refractivity contribution in [1.82, 2.24) is 9.29 Å². The molecule has 1 aromatic heterocycles. The van der Waals surface area contributed by atoms with Crippen molar-refractivity contribution in [2.45, 2.75) is 44.9 Å². The standard InChI is InChI=1S/C24H29N3O3S/c1-4-27(5-2)31(29,30)19-8-6-7-18(15-19)25-24(28)17-10-12-23-21(14-17)20-13-16(3)9-11-22(20)26-23/h6-8,10,12,14-16,26H,4-5,9,11,13H2,1-3H3,(H,25,28)/t16-/m0/s1. The van der Waals surface area contributed by atoms with Gasteiger partial charge in [-0.2, -0.15) is 4.31 Å². The highest BCUT2D eigenvalue weighted by atomic mass is 32.2. The zero-order valence-electron chi connectivity index (χ0n) is 18.2. The Kier molecular flexibility index (Phi) is 5.90. The molecule has 0 unspecified atom stereocenters. The molecule has 1 aliphatic rings. The quantitative estimate of drug-likeness (QED) is 0.590. The fourth-order valence-corrected chi connectivity index (χ4v) is 5.89. The first-order valence-electron chi connectivity index (χ1n) is 10.9. The van der Waals surface area contributed by atoms with Crippen LogP contribution >= 0.6 is 0 Å². The Bertz CT molecular complexity index is 1230. The lowest BCUT2D eigenvalue weighted by molar-refractivity contribution is 0.102. The topological polar surface area (TPSA) is 82.3 Å². The van der Waals surface area contributed by atoms with E-state index in [1.54, 1.807) is 24.3 Å². The zero-order chi connectivity index (χ0) is 22.2. The Morgan fingerprint density at radius 3 is 2.68 bits per heavy atom. The molecule has 0 saturated carbocycles. The Balaban J connectivity index is 1.60. The molecular formula is C24H29N3O3S. The lowest BCUT2D eigenvalue weighted by Gasteiger charge is -2.19. The Morgan fingerprint density at radius 2 is 1.94 bits per heavy atom. The van der Waals surface area contributed by atoms with Crippen molar-refractivity contribution in [1.29, 1.82) is 0 Å². The summed E-state index contributed by atoms with van der Waals surface area (Å²) in [4.78, 5) is 16.6. The number of rotatable bonds is 6. The van der Waals surface area contributed by atoms with Crippen LogP contribution in [0.2, 0.25) is 0 Å². The van der Waals surface area contributed by atoms with Crippen LogP contribution in [-0.4, -0.2) is 36.7 Å². The number of H-pyrrole nitrogens is 1. The van der Waals surface area contributed by atoms with Gasteiger partial charge < -0.3 is 10.3 Å². The predicted molar refractivity (Wildman–Crippen MR) is 124 cm³/mol. The third kappa shape index (κ3) is 4.12. The molecule has 7 heteroatoms. The molecule has 1 atom stereocenters. The number of benzene rings is 2. The van der Waals surface area contributed by atoms with E-state index in [0.29, 0.717) is 30.3 Å². The number of aryl methyl sites for hydroxylation is 1. The van der Waals surface area contributed by atoms with E-state index in [-0.39, 0.29) is 10.8 Å². The molecular weight excluding hydrogens is 410 g/mol. The van der Waals surface area contributed by atoms with Crippen LogP contribution in [0, 0.1) is 5.92 Å². The second kappa shape index (κ2) is 8.48. The van der Waals surface area contributed by atoms with Crippen molar-refractivity contribution in [3.8, 4) is 0 Å². The van der Waals surface area contributed by atoms with E-state index in [1.807, 2.05) is 26.0 Å². The first-order valence-corrected chi connectivity index (χ1v) is 12.3. The molecule has 1 amide bonds. The van der Waals surface area contributed by atoms with Gasteiger partial charge in [0.25, 0.3) is 5.91 Å². The van der Waals surface area contributed by atoms with Gasteiger partial charge >= 0.3 is 0 Å². The number of fused-ring (bicyclic) bond motifs is 3. The predicted octanol–water partition coefficient (Wildman–Crippen LogP) is 4.58. The highest BCUT2D eigenvalue weighted by Gasteiger charge is 2.23. The van der Waals surface area contributed by atoms with Gasteiger partial charge in [0, 0.05) is 40.9 Å². The van der Waals surface area contributed by atoms with Crippen molar-refractivity contribution in [2.24, 2.45) is 5.92 Å². The molecule has 1 heterocycles. The van der Waals surface area contributed by atoms with Crippen LogP contribution in [0.15, 0.2) is 47.4 Å². The molecule has 3 aromatic rings. The van der Waals surface area contributed by atoms with Gasteiger partial charge in [-0.1, -0.05) is 26.8 Å². The van der Waals surface area contributed by atoms with Crippen molar-refractivity contribution in [3.05, 3.63) is 59.3 Å². The first kappa shape index (κ1) is 21.6. The number of hydrogen-bond donors (Lipinski definition) is 2. The fraction of sp³-hybridized carbons (Fsp3) is 0.375. The minimum atomic E-state index is -3.58. The van der Waals surface area contributed by atoms with Crippen LogP contribution in [-0.2, 0) is 22.9 Å². The number of hydrogen-bond acceptors (Lipinski definition) is 3. The molecule has 6 nitrogen and oxygen atoms in total. The Hall–Kier alpha value is -2.64. The second-order valence-corrected chi connectivity index (χ2v) is 10.2. The fourth-order valence-electron chi connectivity index (χ4n) is 4.38. The number of aromatic amines is 1. The van der Waals surface area contributed by atoms with E-state index in [9.17, 15) is 13.2 Å². The van der Waals surface area contributed by atoms with Gasteiger partial charge in [0.2, 0.25) is 10.0 Å². The molecule has 0 radical (unpaired) electrons. The summed E-state index contributed by atoms with van der Waals surface area (Å²) in [5.41, 5.74) is 4.67. The second-order valence-electron chi connectivity index (χ2n) is 8.26. The average Bonchev–Trinajstić information content (AvgIpc) is 3.11. The number of anilines is 1. The smallest absolute Gasteiger partial charge is 0.255 e. The largest absolute Gasteiger partial charge is 0.358 e. The van der Waals surface area contributed by atoms with Crippen LogP contribution < -0.4 is 5.32 Å². The minimum Gasteiger partial charge on any atom is -0.358 e. The van der Waals surface area contributed by atoms with Gasteiger partial charge in [-0.05, 0) is 67.1 Å². The van der Waals surface area contributed by atoms with E-state index < -0.39 is 10.0 Å². The maximum atomic E-state index is 12.9. The molecule has 0 aliphatic heterocycles. The maximum Gasteiger partial charge on any atom is 0.255 e. The number of nitrogens with zero attached hydrogens (tertiary/aromatic N) is 1. The summed E-state index contributed by atoms with van der Waals surface area (Å²) in [5.74, 6) is 0.387. The van der Waals surface area contributed by atoms with Gasteiger partial charge in [-0.3, -0.25) is 4.79 Å². The third-order valence-electron chi connectivity index (χ3n) is 6.13. The summed E-state index contributed by atoms with van der Waals surface area (Å²) in [6.07, 6.45) is 3.24. The summed E-state index contributed by atoms with van der Waals surface area (Å²) in [6, 6.07) is 12.1. The van der Waals surface area contributed by atoms with Crippen molar-refractivity contribution in [2.75, 3.05) is 18.4 Å². The third-order valence-corrected chi connectivity index (χ3v) is 8.18. The van der Waals surface area contributed by atoms with E-state index in [2.05, 4.69) is 17.2 Å². The SMILES string of the molecule is CCN(CC)S(=O)(=O)c1cccc(NC(=O)c2ccc3[nH]c4c(c3c2)C[C@@H](C)CC4)c1. The molecule has 164 valence electrons. The molecule has 31 heavy (non-hydrogen) atoms. The summed E-state index contributed by atoms with van der Waals surface area (Å²) < 4.78 is 27.0. The molecule has 2 aromatic carbocycles. The van der Waals surface area contributed by atoms with Crippen molar-refractivity contribution >= 4 is 32.5 Å². The van der Waals surface area contributed by atoms with E-state index in [4.69, 9.17) is 0 Å². The average molecular weight is 440 g/mol. The molecule has 1 aliphatic carbocycles. The van der Waals surface area contributed by atoms with Crippen LogP contribution in [0.25, 0.3) is 10.9 Å². The summed E-state index contributed by atoms with van der Waals surface area (Å²) >= 11 is 0. The van der Waals surface area contributed by atoms with Gasteiger partial charge in [-0.15, -0.1) is 0 Å². The maximum absolute atomic E-state index is 12.9. The lowest BCUT2D eigenvalue weighted by Crippen LogP contribution is -2.30. The van der Waals surface area contributed by atoms with Gasteiger partial charge in [0.15, 0.2) is 0 Å². The molecule has 2 N–H and O–H groups in total. The van der Waals surface area contributed by atoms with Gasteiger partial charge in [0.05, 0.1) is 4.90 Å².